The summed E-state index contributed by atoms with van der Waals surface area (Å²) in [5.74, 6) is 3.97. The Morgan fingerprint density at radius 3 is 2.11 bits per heavy atom. The van der Waals surface area contributed by atoms with Crippen LogP contribution in [-0.4, -0.2) is 54.9 Å². The minimum Gasteiger partial charge on any atom is -0.463 e. The maximum atomic E-state index is 12.0. The zero-order valence-corrected chi connectivity index (χ0v) is 29.9. The van der Waals surface area contributed by atoms with E-state index < -0.39 is 0 Å². The van der Waals surface area contributed by atoms with Gasteiger partial charge in [-0.3, -0.25) is 9.59 Å². The fraction of sp³-hybridized carbons (Fsp3) is 0.842. The van der Waals surface area contributed by atoms with Gasteiger partial charge in [-0.05, 0) is 155 Å². The summed E-state index contributed by atoms with van der Waals surface area (Å²) in [6, 6.07) is 1.94. The van der Waals surface area contributed by atoms with Gasteiger partial charge >= 0.3 is 11.9 Å². The van der Waals surface area contributed by atoms with Crippen molar-refractivity contribution in [1.82, 2.24) is 0 Å². The molecule has 0 aromatic carbocycles. The van der Waals surface area contributed by atoms with Crippen LogP contribution in [0.15, 0.2) is 16.8 Å². The average molecular weight is 663 g/mol. The van der Waals surface area contributed by atoms with Crippen molar-refractivity contribution in [2.75, 3.05) is 13.2 Å². The number of thiophene rings is 1. The summed E-state index contributed by atoms with van der Waals surface area (Å²) in [5, 5.41) is 14.2. The highest BCUT2D eigenvalue weighted by atomic mass is 32.1. The van der Waals surface area contributed by atoms with E-state index in [1.807, 2.05) is 23.8 Å². The van der Waals surface area contributed by atoms with E-state index in [4.69, 9.17) is 18.9 Å². The molecule has 0 amide bonds. The van der Waals surface area contributed by atoms with E-state index in [1.54, 1.807) is 11.3 Å². The summed E-state index contributed by atoms with van der Waals surface area (Å²) in [4.78, 5) is 23.4. The van der Waals surface area contributed by atoms with Crippen LogP contribution < -0.4 is 0 Å². The second-order valence-electron chi connectivity index (χ2n) is 14.7. The van der Waals surface area contributed by atoms with Crippen LogP contribution >= 0.6 is 11.3 Å². The minimum atomic E-state index is -0.310. The monoisotopic (exact) mass is 662 g/mol. The van der Waals surface area contributed by atoms with E-state index in [2.05, 4.69) is 13.8 Å². The van der Waals surface area contributed by atoms with Gasteiger partial charge < -0.3 is 24.1 Å². The Balaban J connectivity index is 1.20. The highest BCUT2D eigenvalue weighted by Crippen LogP contribution is 2.44. The molecule has 1 N–H and O–H groups in total. The lowest BCUT2D eigenvalue weighted by molar-refractivity contribution is -0.178. The van der Waals surface area contributed by atoms with Crippen LogP contribution in [0, 0.1) is 35.5 Å². The summed E-state index contributed by atoms with van der Waals surface area (Å²) in [5.41, 5.74) is 0.990. The molecule has 0 aliphatic heterocycles. The first-order chi connectivity index (χ1) is 22.2. The van der Waals surface area contributed by atoms with Crippen molar-refractivity contribution in [2.24, 2.45) is 35.5 Å². The molecule has 0 bridgehead atoms. The predicted octanol–water partition coefficient (Wildman–Crippen LogP) is 8.50. The van der Waals surface area contributed by atoms with Crippen molar-refractivity contribution < 1.29 is 33.6 Å². The fourth-order valence-electron chi connectivity index (χ4n) is 8.80. The van der Waals surface area contributed by atoms with Crippen LogP contribution in [0.25, 0.3) is 0 Å². The normalized spacial score (nSPS) is 29.8. The molecule has 3 aliphatic rings. The molecule has 1 aromatic heterocycles. The van der Waals surface area contributed by atoms with Crippen molar-refractivity contribution in [3.05, 3.63) is 22.4 Å². The lowest BCUT2D eigenvalue weighted by Crippen LogP contribution is -2.33. The smallest absolute Gasteiger partial charge is 0.310 e. The minimum absolute atomic E-state index is 0.110. The molecule has 4 atom stereocenters. The third kappa shape index (κ3) is 12.5. The average Bonchev–Trinajstić information content (AvgIpc) is 3.55. The standard InChI is InChI=1S/C38H62O7S/c1-5-30(32-10-16-37(17-11-32)45-28(4)42-19-20-43-38(41)23-29-18-21-46-25-29)24-34(33-6-12-35(40)13-7-33)22-26(2)31-8-14-36(15-9-31)44-27(3)39/h18,21,25-26,28,30-37,40H,5-17,19-20,22-24H2,1-4H3. The molecule has 3 fully saturated rings. The zero-order valence-electron chi connectivity index (χ0n) is 29.0. The van der Waals surface area contributed by atoms with Crippen molar-refractivity contribution in [3.8, 4) is 0 Å². The summed E-state index contributed by atoms with van der Waals surface area (Å²) in [6.45, 7) is 8.92. The maximum Gasteiger partial charge on any atom is 0.310 e. The van der Waals surface area contributed by atoms with Crippen LogP contribution in [0.2, 0.25) is 0 Å². The van der Waals surface area contributed by atoms with Crippen molar-refractivity contribution in [1.29, 1.82) is 0 Å². The Morgan fingerprint density at radius 1 is 0.848 bits per heavy atom. The van der Waals surface area contributed by atoms with E-state index in [-0.39, 0.29) is 43.1 Å². The van der Waals surface area contributed by atoms with E-state index in [1.165, 1.54) is 64.7 Å². The molecule has 262 valence electrons. The van der Waals surface area contributed by atoms with Gasteiger partial charge in [-0.15, -0.1) is 0 Å². The van der Waals surface area contributed by atoms with Gasteiger partial charge in [-0.25, -0.2) is 0 Å². The lowest BCUT2D eigenvalue weighted by atomic mass is 9.66. The van der Waals surface area contributed by atoms with Gasteiger partial charge in [0.05, 0.1) is 25.2 Å². The SMILES string of the molecule is CCC(CC(CC(C)C1CCC(OC(C)=O)CC1)C1CCC(O)CC1)C1CCC(OC(C)OCCOC(=O)Cc2ccsc2)CC1. The summed E-state index contributed by atoms with van der Waals surface area (Å²) >= 11 is 1.58. The number of esters is 2. The van der Waals surface area contributed by atoms with Crippen LogP contribution in [0.3, 0.4) is 0 Å². The van der Waals surface area contributed by atoms with Crippen LogP contribution in [0.5, 0.6) is 0 Å². The Labute approximate surface area is 282 Å². The second kappa shape index (κ2) is 19.5. The maximum absolute atomic E-state index is 12.0. The molecule has 4 rings (SSSR count). The van der Waals surface area contributed by atoms with E-state index in [0.29, 0.717) is 18.9 Å². The Hall–Kier alpha value is -1.48. The summed E-state index contributed by atoms with van der Waals surface area (Å²) in [7, 11) is 0. The van der Waals surface area contributed by atoms with Crippen LogP contribution in [0.4, 0.5) is 0 Å². The van der Waals surface area contributed by atoms with E-state index in [0.717, 1.165) is 73.7 Å². The molecule has 8 heteroatoms. The quantitative estimate of drug-likeness (QED) is 0.102. The Kier molecular flexibility index (Phi) is 15.8. The predicted molar refractivity (Wildman–Crippen MR) is 182 cm³/mol. The topological polar surface area (TPSA) is 91.3 Å². The van der Waals surface area contributed by atoms with E-state index >= 15 is 0 Å². The van der Waals surface area contributed by atoms with Gasteiger partial charge in [-0.1, -0.05) is 20.3 Å². The number of hydrogen-bond donors (Lipinski definition) is 1. The van der Waals surface area contributed by atoms with Crippen LogP contribution in [-0.2, 0) is 35.0 Å². The number of aliphatic hydroxyl groups is 1. The molecule has 7 nitrogen and oxygen atoms in total. The fourth-order valence-corrected chi connectivity index (χ4v) is 9.47. The van der Waals surface area contributed by atoms with Gasteiger partial charge in [0.25, 0.3) is 0 Å². The highest BCUT2D eigenvalue weighted by Gasteiger charge is 2.35. The molecule has 0 saturated heterocycles. The molecule has 0 spiro atoms. The van der Waals surface area contributed by atoms with Gasteiger partial charge in [0.2, 0.25) is 0 Å². The number of aliphatic hydroxyl groups excluding tert-OH is 1. The number of hydrogen-bond acceptors (Lipinski definition) is 8. The number of carbonyl (C=O) groups is 2. The molecule has 3 aliphatic carbocycles. The molecular weight excluding hydrogens is 600 g/mol. The molecule has 1 heterocycles. The highest BCUT2D eigenvalue weighted by molar-refractivity contribution is 7.08. The molecule has 0 radical (unpaired) electrons. The third-order valence-electron chi connectivity index (χ3n) is 11.5. The first-order valence-electron chi connectivity index (χ1n) is 18.5. The largest absolute Gasteiger partial charge is 0.463 e. The van der Waals surface area contributed by atoms with Crippen LogP contribution in [0.1, 0.15) is 130 Å². The van der Waals surface area contributed by atoms with Gasteiger partial charge in [0, 0.05) is 6.92 Å². The van der Waals surface area contributed by atoms with Gasteiger partial charge in [0.1, 0.15) is 12.7 Å². The van der Waals surface area contributed by atoms with Crippen molar-refractivity contribution >= 4 is 23.3 Å². The number of carbonyl (C=O) groups excluding carboxylic acids is 2. The first-order valence-corrected chi connectivity index (χ1v) is 19.4. The van der Waals surface area contributed by atoms with E-state index in [9.17, 15) is 14.7 Å². The third-order valence-corrected chi connectivity index (χ3v) is 12.2. The molecule has 4 unspecified atom stereocenters. The van der Waals surface area contributed by atoms with Gasteiger partial charge in [0.15, 0.2) is 6.29 Å². The summed E-state index contributed by atoms with van der Waals surface area (Å²) < 4.78 is 22.9. The van der Waals surface area contributed by atoms with Crippen molar-refractivity contribution in [3.63, 3.8) is 0 Å². The van der Waals surface area contributed by atoms with Gasteiger partial charge in [-0.2, -0.15) is 11.3 Å². The number of rotatable bonds is 17. The Bertz CT molecular complexity index is 991. The molecule has 3 saturated carbocycles. The zero-order chi connectivity index (χ0) is 32.9. The number of ether oxygens (including phenoxy) is 4. The molecular formula is C38H62O7S. The Morgan fingerprint density at radius 2 is 1.48 bits per heavy atom. The summed E-state index contributed by atoms with van der Waals surface area (Å²) in [6.07, 6.45) is 17.2. The van der Waals surface area contributed by atoms with Crippen molar-refractivity contribution in [2.45, 2.75) is 155 Å². The second-order valence-corrected chi connectivity index (χ2v) is 15.5. The molecule has 46 heavy (non-hydrogen) atoms. The lowest BCUT2D eigenvalue weighted by Gasteiger charge is -2.41. The first kappa shape index (κ1) is 37.3. The molecule has 1 aromatic rings.